The molecule has 0 aliphatic carbocycles. The number of halogens is 1. The Hall–Kier alpha value is -3.03. The predicted molar refractivity (Wildman–Crippen MR) is 98.3 cm³/mol. The standard InChI is InChI=1S/C19H22FN5O2/c1-12(2)15-9-16(23-19(21)22-15)18(27)25-8-7-24(17(26)11-25)10-13-3-5-14(20)6-4-13/h3-6,9,12H,7-8,10-11H2,1-2H3,(H2,21,22,23). The Labute approximate surface area is 157 Å². The van der Waals surface area contributed by atoms with Crippen LogP contribution < -0.4 is 5.73 Å². The first-order valence-electron chi connectivity index (χ1n) is 8.79. The first-order chi connectivity index (χ1) is 12.8. The second-order valence-corrected chi connectivity index (χ2v) is 6.86. The van der Waals surface area contributed by atoms with Gasteiger partial charge in [-0.25, -0.2) is 14.4 Å². The maximum Gasteiger partial charge on any atom is 0.273 e. The Morgan fingerprint density at radius 2 is 1.93 bits per heavy atom. The highest BCUT2D eigenvalue weighted by Crippen LogP contribution is 2.17. The highest BCUT2D eigenvalue weighted by Gasteiger charge is 2.29. The molecule has 2 aromatic rings. The summed E-state index contributed by atoms with van der Waals surface area (Å²) in [5, 5.41) is 0. The summed E-state index contributed by atoms with van der Waals surface area (Å²) in [7, 11) is 0. The Morgan fingerprint density at radius 1 is 1.22 bits per heavy atom. The molecule has 1 aromatic carbocycles. The van der Waals surface area contributed by atoms with Gasteiger partial charge in [-0.05, 0) is 29.7 Å². The Morgan fingerprint density at radius 3 is 2.56 bits per heavy atom. The fourth-order valence-corrected chi connectivity index (χ4v) is 2.91. The van der Waals surface area contributed by atoms with Crippen molar-refractivity contribution in [3.05, 3.63) is 53.1 Å². The highest BCUT2D eigenvalue weighted by atomic mass is 19.1. The van der Waals surface area contributed by atoms with Crippen molar-refractivity contribution in [1.29, 1.82) is 0 Å². The largest absolute Gasteiger partial charge is 0.368 e. The lowest BCUT2D eigenvalue weighted by Crippen LogP contribution is -2.52. The van der Waals surface area contributed by atoms with E-state index in [1.54, 1.807) is 23.1 Å². The van der Waals surface area contributed by atoms with Gasteiger partial charge in [-0.2, -0.15) is 0 Å². The average molecular weight is 371 g/mol. The fourth-order valence-electron chi connectivity index (χ4n) is 2.91. The van der Waals surface area contributed by atoms with Crippen molar-refractivity contribution < 1.29 is 14.0 Å². The number of nitrogens with two attached hydrogens (primary N) is 1. The molecule has 7 nitrogen and oxygen atoms in total. The molecule has 0 radical (unpaired) electrons. The van der Waals surface area contributed by atoms with E-state index in [2.05, 4.69) is 9.97 Å². The Kier molecular flexibility index (Phi) is 5.34. The lowest BCUT2D eigenvalue weighted by molar-refractivity contribution is -0.135. The molecule has 1 saturated heterocycles. The summed E-state index contributed by atoms with van der Waals surface area (Å²) >= 11 is 0. The number of benzene rings is 1. The Balaban J connectivity index is 1.67. The molecule has 1 fully saturated rings. The number of hydrogen-bond donors (Lipinski definition) is 1. The second kappa shape index (κ2) is 7.69. The van der Waals surface area contributed by atoms with E-state index in [0.29, 0.717) is 25.3 Å². The molecule has 0 atom stereocenters. The molecule has 0 unspecified atom stereocenters. The van der Waals surface area contributed by atoms with Crippen LogP contribution >= 0.6 is 0 Å². The number of aromatic nitrogens is 2. The summed E-state index contributed by atoms with van der Waals surface area (Å²) < 4.78 is 13.0. The molecule has 2 amide bonds. The molecule has 2 N–H and O–H groups in total. The zero-order chi connectivity index (χ0) is 19.6. The third kappa shape index (κ3) is 4.39. The molecule has 2 heterocycles. The topological polar surface area (TPSA) is 92.4 Å². The maximum absolute atomic E-state index is 13.0. The van der Waals surface area contributed by atoms with Gasteiger partial charge in [0.15, 0.2) is 0 Å². The number of nitrogen functional groups attached to an aromatic ring is 1. The second-order valence-electron chi connectivity index (χ2n) is 6.86. The number of amides is 2. The molecular formula is C19H22FN5O2. The van der Waals surface area contributed by atoms with Crippen LogP contribution in [0, 0.1) is 5.82 Å². The van der Waals surface area contributed by atoms with Crippen molar-refractivity contribution in [2.75, 3.05) is 25.4 Å². The summed E-state index contributed by atoms with van der Waals surface area (Å²) in [5.41, 5.74) is 7.45. The van der Waals surface area contributed by atoms with E-state index < -0.39 is 0 Å². The van der Waals surface area contributed by atoms with Crippen molar-refractivity contribution in [3.8, 4) is 0 Å². The molecule has 1 aromatic heterocycles. The maximum atomic E-state index is 13.0. The highest BCUT2D eigenvalue weighted by molar-refractivity contribution is 5.95. The van der Waals surface area contributed by atoms with Crippen LogP contribution in [0.1, 0.15) is 41.5 Å². The van der Waals surface area contributed by atoms with Gasteiger partial charge in [0.05, 0.1) is 0 Å². The molecule has 1 aliphatic heterocycles. The number of piperazine rings is 1. The van der Waals surface area contributed by atoms with Crippen molar-refractivity contribution in [3.63, 3.8) is 0 Å². The van der Waals surface area contributed by atoms with Gasteiger partial charge in [-0.3, -0.25) is 9.59 Å². The van der Waals surface area contributed by atoms with Gasteiger partial charge < -0.3 is 15.5 Å². The first-order valence-corrected chi connectivity index (χ1v) is 8.79. The van der Waals surface area contributed by atoms with Crippen LogP contribution in [0.25, 0.3) is 0 Å². The van der Waals surface area contributed by atoms with Crippen molar-refractivity contribution in [2.24, 2.45) is 0 Å². The third-order valence-electron chi connectivity index (χ3n) is 4.47. The molecule has 0 bridgehead atoms. The van der Waals surface area contributed by atoms with E-state index in [0.717, 1.165) is 5.56 Å². The van der Waals surface area contributed by atoms with E-state index in [-0.39, 0.29) is 41.7 Å². The van der Waals surface area contributed by atoms with Crippen LogP contribution in [0.15, 0.2) is 30.3 Å². The fraction of sp³-hybridized carbons (Fsp3) is 0.368. The molecule has 142 valence electrons. The number of hydrogen-bond acceptors (Lipinski definition) is 5. The van der Waals surface area contributed by atoms with Crippen LogP contribution in [0.3, 0.4) is 0 Å². The third-order valence-corrected chi connectivity index (χ3v) is 4.47. The van der Waals surface area contributed by atoms with Crippen molar-refractivity contribution >= 4 is 17.8 Å². The normalized spacial score (nSPS) is 14.7. The number of carbonyl (C=O) groups excluding carboxylic acids is 2. The average Bonchev–Trinajstić information content (AvgIpc) is 2.64. The van der Waals surface area contributed by atoms with Gasteiger partial charge >= 0.3 is 0 Å². The van der Waals surface area contributed by atoms with E-state index in [1.165, 1.54) is 17.0 Å². The minimum Gasteiger partial charge on any atom is -0.368 e. The van der Waals surface area contributed by atoms with E-state index in [4.69, 9.17) is 5.73 Å². The summed E-state index contributed by atoms with van der Waals surface area (Å²) in [5.74, 6) is -0.655. The molecular weight excluding hydrogens is 349 g/mol. The molecule has 8 heteroatoms. The van der Waals surface area contributed by atoms with Gasteiger partial charge in [0.25, 0.3) is 5.91 Å². The predicted octanol–water partition coefficient (Wildman–Crippen LogP) is 1.81. The summed E-state index contributed by atoms with van der Waals surface area (Å²) in [6.45, 7) is 5.06. The van der Waals surface area contributed by atoms with Crippen LogP contribution in [-0.2, 0) is 11.3 Å². The molecule has 27 heavy (non-hydrogen) atoms. The number of nitrogens with zero attached hydrogens (tertiary/aromatic N) is 4. The molecule has 0 spiro atoms. The number of carbonyl (C=O) groups is 2. The zero-order valence-electron chi connectivity index (χ0n) is 15.4. The number of rotatable bonds is 4. The monoisotopic (exact) mass is 371 g/mol. The summed E-state index contributed by atoms with van der Waals surface area (Å²) in [6.07, 6.45) is 0. The van der Waals surface area contributed by atoms with Crippen molar-refractivity contribution in [1.82, 2.24) is 19.8 Å². The van der Waals surface area contributed by atoms with E-state index in [1.807, 2.05) is 13.8 Å². The van der Waals surface area contributed by atoms with Gasteiger partial charge in [0, 0.05) is 25.3 Å². The van der Waals surface area contributed by atoms with Crippen LogP contribution in [0.5, 0.6) is 0 Å². The Bertz CT molecular complexity index is 854. The van der Waals surface area contributed by atoms with Crippen molar-refractivity contribution in [2.45, 2.75) is 26.3 Å². The lowest BCUT2D eigenvalue weighted by atomic mass is 10.1. The molecule has 1 aliphatic rings. The van der Waals surface area contributed by atoms with Crippen LogP contribution in [0.4, 0.5) is 10.3 Å². The van der Waals surface area contributed by atoms with Gasteiger partial charge in [0.2, 0.25) is 11.9 Å². The van der Waals surface area contributed by atoms with Crippen LogP contribution in [-0.4, -0.2) is 51.2 Å². The minimum absolute atomic E-state index is 0.0268. The minimum atomic E-state index is -0.333. The quantitative estimate of drug-likeness (QED) is 0.885. The van der Waals surface area contributed by atoms with Crippen LogP contribution in [0.2, 0.25) is 0 Å². The van der Waals surface area contributed by atoms with Gasteiger partial charge in [0.1, 0.15) is 18.1 Å². The van der Waals surface area contributed by atoms with E-state index in [9.17, 15) is 14.0 Å². The molecule has 0 saturated carbocycles. The first kappa shape index (κ1) is 18.8. The zero-order valence-corrected chi connectivity index (χ0v) is 15.4. The summed E-state index contributed by atoms with van der Waals surface area (Å²) in [4.78, 5) is 36.5. The molecule has 3 rings (SSSR count). The SMILES string of the molecule is CC(C)c1cc(C(=O)N2CCN(Cc3ccc(F)cc3)C(=O)C2)nc(N)n1. The smallest absolute Gasteiger partial charge is 0.273 e. The summed E-state index contributed by atoms with van der Waals surface area (Å²) in [6, 6.07) is 7.66. The number of anilines is 1. The van der Waals surface area contributed by atoms with Gasteiger partial charge in [-0.15, -0.1) is 0 Å². The van der Waals surface area contributed by atoms with Gasteiger partial charge in [-0.1, -0.05) is 26.0 Å². The van der Waals surface area contributed by atoms with E-state index >= 15 is 0 Å². The lowest BCUT2D eigenvalue weighted by Gasteiger charge is -2.34.